The Labute approximate surface area is 160 Å². The van der Waals surface area contributed by atoms with Crippen molar-refractivity contribution in [2.24, 2.45) is 5.92 Å². The Balaban J connectivity index is 1.54. The highest BCUT2D eigenvalue weighted by molar-refractivity contribution is 7.89. The Morgan fingerprint density at radius 1 is 1.12 bits per heavy atom. The zero-order valence-corrected chi connectivity index (χ0v) is 16.7. The van der Waals surface area contributed by atoms with Crippen LogP contribution in [0.5, 0.6) is 0 Å². The molecule has 6 nitrogen and oxygen atoms in total. The summed E-state index contributed by atoms with van der Waals surface area (Å²) in [5.41, 5.74) is 0. The fraction of sp³-hybridized carbons (Fsp3) is 0.611. The number of sulfonamides is 1. The summed E-state index contributed by atoms with van der Waals surface area (Å²) in [5, 5.41) is 0.513. The second-order valence-electron chi connectivity index (χ2n) is 7.22. The lowest BCUT2D eigenvalue weighted by atomic mass is 10.0. The van der Waals surface area contributed by atoms with Crippen molar-refractivity contribution in [3.8, 4) is 0 Å². The van der Waals surface area contributed by atoms with Gasteiger partial charge in [-0.15, -0.1) is 0 Å². The summed E-state index contributed by atoms with van der Waals surface area (Å²) in [4.78, 5) is 16.7. The van der Waals surface area contributed by atoms with Crippen molar-refractivity contribution in [2.75, 3.05) is 45.8 Å². The first-order chi connectivity index (χ1) is 12.4. The lowest BCUT2D eigenvalue weighted by Crippen LogP contribution is -2.52. The molecular weight excluding hydrogens is 374 g/mol. The number of nitrogens with zero attached hydrogens (tertiary/aromatic N) is 3. The molecular formula is C18H26ClN3O3S. The molecule has 2 saturated heterocycles. The quantitative estimate of drug-likeness (QED) is 0.775. The van der Waals surface area contributed by atoms with Crippen molar-refractivity contribution in [1.82, 2.24) is 14.1 Å². The van der Waals surface area contributed by atoms with E-state index in [4.69, 9.17) is 11.6 Å². The van der Waals surface area contributed by atoms with Crippen LogP contribution in [0.3, 0.4) is 0 Å². The normalized spacial score (nSPS) is 23.2. The number of piperazine rings is 1. The number of piperidine rings is 1. The molecule has 8 heteroatoms. The van der Waals surface area contributed by atoms with Crippen LogP contribution >= 0.6 is 11.6 Å². The van der Waals surface area contributed by atoms with Crippen molar-refractivity contribution in [2.45, 2.75) is 24.7 Å². The van der Waals surface area contributed by atoms with E-state index in [1.165, 1.54) is 22.9 Å². The molecule has 1 amide bonds. The molecule has 2 fully saturated rings. The maximum atomic E-state index is 12.7. The van der Waals surface area contributed by atoms with Crippen LogP contribution in [0.15, 0.2) is 29.2 Å². The van der Waals surface area contributed by atoms with Crippen LogP contribution in [0.1, 0.15) is 19.8 Å². The van der Waals surface area contributed by atoms with E-state index in [1.807, 2.05) is 4.90 Å². The predicted molar refractivity (Wildman–Crippen MR) is 102 cm³/mol. The summed E-state index contributed by atoms with van der Waals surface area (Å²) in [6.45, 7) is 6.17. The minimum absolute atomic E-state index is 0.158. The number of halogens is 1. The van der Waals surface area contributed by atoms with E-state index in [1.54, 1.807) is 12.1 Å². The predicted octanol–water partition coefficient (Wildman–Crippen LogP) is 1.90. The summed E-state index contributed by atoms with van der Waals surface area (Å²) in [7, 11) is -3.51. The van der Waals surface area contributed by atoms with Crippen molar-refractivity contribution in [1.29, 1.82) is 0 Å². The molecule has 0 aliphatic carbocycles. The summed E-state index contributed by atoms with van der Waals surface area (Å²) < 4.78 is 26.9. The average Bonchev–Trinajstić information content (AvgIpc) is 2.62. The maximum Gasteiger partial charge on any atom is 0.243 e. The van der Waals surface area contributed by atoms with Gasteiger partial charge in [0.2, 0.25) is 15.9 Å². The van der Waals surface area contributed by atoms with Crippen LogP contribution in [0.2, 0.25) is 5.02 Å². The second-order valence-corrected chi connectivity index (χ2v) is 9.60. The van der Waals surface area contributed by atoms with Gasteiger partial charge in [-0.3, -0.25) is 9.69 Å². The molecule has 0 unspecified atom stereocenters. The van der Waals surface area contributed by atoms with E-state index in [0.717, 1.165) is 19.5 Å². The van der Waals surface area contributed by atoms with Gasteiger partial charge in [-0.2, -0.15) is 4.31 Å². The molecule has 2 aliphatic rings. The minimum atomic E-state index is -3.51. The molecule has 0 aromatic heterocycles. The van der Waals surface area contributed by atoms with Crippen molar-refractivity contribution in [3.05, 3.63) is 29.3 Å². The molecule has 0 bridgehead atoms. The van der Waals surface area contributed by atoms with Gasteiger partial charge in [-0.25, -0.2) is 8.42 Å². The largest absolute Gasteiger partial charge is 0.341 e. The third-order valence-corrected chi connectivity index (χ3v) is 7.32. The minimum Gasteiger partial charge on any atom is -0.341 e. The van der Waals surface area contributed by atoms with E-state index in [9.17, 15) is 13.2 Å². The first-order valence-corrected chi connectivity index (χ1v) is 10.9. The maximum absolute atomic E-state index is 12.7. The zero-order valence-electron chi connectivity index (χ0n) is 15.1. The fourth-order valence-electron chi connectivity index (χ4n) is 3.59. The molecule has 3 rings (SSSR count). The smallest absolute Gasteiger partial charge is 0.243 e. The Bertz CT molecular complexity index is 731. The Morgan fingerprint density at radius 2 is 1.77 bits per heavy atom. The molecule has 144 valence electrons. The van der Waals surface area contributed by atoms with E-state index in [0.29, 0.717) is 43.7 Å². The topological polar surface area (TPSA) is 60.9 Å². The number of amides is 1. The molecule has 0 spiro atoms. The van der Waals surface area contributed by atoms with E-state index in [2.05, 4.69) is 11.8 Å². The van der Waals surface area contributed by atoms with Crippen LogP contribution in [0.25, 0.3) is 0 Å². The van der Waals surface area contributed by atoms with Crippen LogP contribution in [0, 0.1) is 5.92 Å². The lowest BCUT2D eigenvalue weighted by Gasteiger charge is -2.36. The second kappa shape index (κ2) is 8.25. The van der Waals surface area contributed by atoms with Crippen LogP contribution in [0.4, 0.5) is 0 Å². The number of likely N-dealkylation sites (tertiary alicyclic amines) is 1. The first-order valence-electron chi connectivity index (χ1n) is 9.12. The number of carbonyl (C=O) groups excluding carboxylic acids is 1. The Kier molecular flexibility index (Phi) is 6.22. The van der Waals surface area contributed by atoms with Gasteiger partial charge in [0.05, 0.1) is 11.4 Å². The average molecular weight is 400 g/mol. The summed E-state index contributed by atoms with van der Waals surface area (Å²) >= 11 is 5.84. The molecule has 1 aromatic rings. The van der Waals surface area contributed by atoms with Crippen LogP contribution < -0.4 is 0 Å². The van der Waals surface area contributed by atoms with Crippen molar-refractivity contribution in [3.63, 3.8) is 0 Å². The number of benzene rings is 1. The number of rotatable bonds is 4. The van der Waals surface area contributed by atoms with Gasteiger partial charge in [0.15, 0.2) is 0 Å². The number of carbonyl (C=O) groups is 1. The van der Waals surface area contributed by atoms with E-state index in [-0.39, 0.29) is 10.8 Å². The standard InChI is InChI=1S/C18H26ClN3O3S/c1-15-3-2-8-21(13-15)18(23)14-20-9-11-22(12-10-20)26(24,25)17-6-4-16(19)5-7-17/h4-7,15H,2-3,8-14H2,1H3/t15-/m0/s1. The fourth-order valence-corrected chi connectivity index (χ4v) is 5.14. The molecule has 0 N–H and O–H groups in total. The summed E-state index contributed by atoms with van der Waals surface area (Å²) in [5.74, 6) is 0.722. The molecule has 1 aromatic carbocycles. The van der Waals surface area contributed by atoms with Gasteiger partial charge >= 0.3 is 0 Å². The molecule has 1 atom stereocenters. The first kappa shape index (κ1) is 19.6. The van der Waals surface area contributed by atoms with E-state index < -0.39 is 10.0 Å². The number of hydrogen-bond acceptors (Lipinski definition) is 4. The highest BCUT2D eigenvalue weighted by Gasteiger charge is 2.30. The van der Waals surface area contributed by atoms with Gasteiger partial charge in [-0.1, -0.05) is 18.5 Å². The van der Waals surface area contributed by atoms with Gasteiger partial charge < -0.3 is 4.90 Å². The molecule has 2 aliphatic heterocycles. The highest BCUT2D eigenvalue weighted by Crippen LogP contribution is 2.20. The molecule has 2 heterocycles. The lowest BCUT2D eigenvalue weighted by molar-refractivity contribution is -0.134. The summed E-state index contributed by atoms with van der Waals surface area (Å²) in [6.07, 6.45) is 2.25. The number of hydrogen-bond donors (Lipinski definition) is 0. The monoisotopic (exact) mass is 399 g/mol. The van der Waals surface area contributed by atoms with Gasteiger partial charge in [0.25, 0.3) is 0 Å². The van der Waals surface area contributed by atoms with Crippen molar-refractivity contribution < 1.29 is 13.2 Å². The summed E-state index contributed by atoms with van der Waals surface area (Å²) in [6, 6.07) is 6.24. The Morgan fingerprint density at radius 3 is 2.38 bits per heavy atom. The zero-order chi connectivity index (χ0) is 18.7. The van der Waals surface area contributed by atoms with Crippen LogP contribution in [-0.2, 0) is 14.8 Å². The van der Waals surface area contributed by atoms with Crippen LogP contribution in [-0.4, -0.2) is 74.2 Å². The molecule has 26 heavy (non-hydrogen) atoms. The molecule has 0 radical (unpaired) electrons. The van der Waals surface area contributed by atoms with Crippen molar-refractivity contribution >= 4 is 27.5 Å². The third-order valence-electron chi connectivity index (χ3n) is 5.15. The van der Waals surface area contributed by atoms with Gasteiger partial charge in [0, 0.05) is 44.3 Å². The van der Waals surface area contributed by atoms with Gasteiger partial charge in [0.1, 0.15) is 0 Å². The van der Waals surface area contributed by atoms with E-state index >= 15 is 0 Å². The van der Waals surface area contributed by atoms with Gasteiger partial charge in [-0.05, 0) is 43.0 Å². The molecule has 0 saturated carbocycles. The SMILES string of the molecule is C[C@H]1CCCN(C(=O)CN2CCN(S(=O)(=O)c3ccc(Cl)cc3)CC2)C1. The highest BCUT2D eigenvalue weighted by atomic mass is 35.5. The third kappa shape index (κ3) is 4.57. The Hall–Kier alpha value is -1.15.